The first kappa shape index (κ1) is 29.5. The van der Waals surface area contributed by atoms with Gasteiger partial charge < -0.3 is 20.1 Å². The van der Waals surface area contributed by atoms with Crippen molar-refractivity contribution in [3.63, 3.8) is 0 Å². The van der Waals surface area contributed by atoms with E-state index in [0.29, 0.717) is 26.1 Å². The zero-order valence-corrected chi connectivity index (χ0v) is 24.5. The van der Waals surface area contributed by atoms with Gasteiger partial charge in [-0.1, -0.05) is 6.07 Å². The largest absolute Gasteiger partial charge is 0.508 e. The van der Waals surface area contributed by atoms with E-state index in [1.807, 2.05) is 9.80 Å². The highest BCUT2D eigenvalue weighted by molar-refractivity contribution is 6.02. The molecule has 46 heavy (non-hydrogen) atoms. The van der Waals surface area contributed by atoms with E-state index in [-0.39, 0.29) is 54.3 Å². The van der Waals surface area contributed by atoms with Crippen molar-refractivity contribution in [2.24, 2.45) is 0 Å². The minimum absolute atomic E-state index is 0.00397. The standard InChI is InChI=1S/C32H30F6N6O2/c33-17-10-31(6-1-7-44(31)12-17)15-46-30-41-28-22(29(42-30)43-13-18-3-4-19(14-43)40-18)11-39-27(25(28)32(36,37)38)21-9-20(45)8-16-2-5-23(34)26(35)24(16)21/h2,5,8-9,11,17-19,40,45H,1,3-4,6-7,10,12-15H2/t17-,18?,19?,31+/m1/s1. The third kappa shape index (κ3) is 4.79. The molecule has 2 aromatic heterocycles. The Hall–Kier alpha value is -3.91. The van der Waals surface area contributed by atoms with Crippen LogP contribution in [0.3, 0.4) is 0 Å². The van der Waals surface area contributed by atoms with Crippen molar-refractivity contribution in [1.82, 2.24) is 25.2 Å². The van der Waals surface area contributed by atoms with Gasteiger partial charge in [0, 0.05) is 55.3 Å². The highest BCUT2D eigenvalue weighted by atomic mass is 19.4. The number of aromatic nitrogens is 3. The fourth-order valence-electron chi connectivity index (χ4n) is 8.02. The van der Waals surface area contributed by atoms with Crippen LogP contribution in [-0.2, 0) is 6.18 Å². The molecule has 6 heterocycles. The van der Waals surface area contributed by atoms with Gasteiger partial charge in [-0.05, 0) is 55.8 Å². The van der Waals surface area contributed by atoms with Crippen LogP contribution < -0.4 is 15.0 Å². The number of phenolic OH excluding ortho intramolecular Hbond substituents is 1. The van der Waals surface area contributed by atoms with Crippen LogP contribution in [-0.4, -0.2) is 81.5 Å². The summed E-state index contributed by atoms with van der Waals surface area (Å²) in [5.74, 6) is -2.86. The normalized spacial score (nSPS) is 26.4. The summed E-state index contributed by atoms with van der Waals surface area (Å²) < 4.78 is 95.7. The molecule has 2 unspecified atom stereocenters. The van der Waals surface area contributed by atoms with Gasteiger partial charge >= 0.3 is 12.2 Å². The Morgan fingerprint density at radius 2 is 1.85 bits per heavy atom. The van der Waals surface area contributed by atoms with Gasteiger partial charge in [0.2, 0.25) is 0 Å². The Morgan fingerprint density at radius 3 is 2.61 bits per heavy atom. The van der Waals surface area contributed by atoms with Gasteiger partial charge in [-0.2, -0.15) is 23.1 Å². The lowest BCUT2D eigenvalue weighted by Crippen LogP contribution is -2.51. The predicted molar refractivity (Wildman–Crippen MR) is 158 cm³/mol. The van der Waals surface area contributed by atoms with Crippen LogP contribution >= 0.6 is 0 Å². The second-order valence-corrected chi connectivity index (χ2v) is 12.9. The number of alkyl halides is 4. The highest BCUT2D eigenvalue weighted by Crippen LogP contribution is 2.46. The molecule has 8 nitrogen and oxygen atoms in total. The van der Waals surface area contributed by atoms with E-state index in [1.165, 1.54) is 12.3 Å². The molecule has 4 fully saturated rings. The van der Waals surface area contributed by atoms with Gasteiger partial charge in [0.05, 0.1) is 22.1 Å². The van der Waals surface area contributed by atoms with E-state index < -0.39 is 63.0 Å². The van der Waals surface area contributed by atoms with E-state index in [2.05, 4.69) is 20.3 Å². The van der Waals surface area contributed by atoms with Crippen LogP contribution in [0, 0.1) is 11.6 Å². The molecule has 0 aliphatic carbocycles. The highest BCUT2D eigenvalue weighted by Gasteiger charge is 2.49. The van der Waals surface area contributed by atoms with Crippen molar-refractivity contribution in [3.05, 3.63) is 47.7 Å². The smallest absolute Gasteiger partial charge is 0.420 e. The van der Waals surface area contributed by atoms with Crippen molar-refractivity contribution < 1.29 is 36.2 Å². The van der Waals surface area contributed by atoms with Crippen molar-refractivity contribution in [2.45, 2.75) is 62.1 Å². The Kier molecular flexibility index (Phi) is 6.77. The maximum Gasteiger partial charge on any atom is 0.420 e. The Morgan fingerprint density at radius 1 is 1.07 bits per heavy atom. The molecule has 4 aliphatic rings. The second-order valence-electron chi connectivity index (χ2n) is 12.9. The molecule has 0 radical (unpaired) electrons. The maximum absolute atomic E-state index is 15.2. The molecule has 4 atom stereocenters. The fourth-order valence-corrected chi connectivity index (χ4v) is 8.02. The molecule has 4 aliphatic heterocycles. The van der Waals surface area contributed by atoms with Crippen LogP contribution in [0.15, 0.2) is 30.5 Å². The third-order valence-corrected chi connectivity index (χ3v) is 9.98. The number of hydrogen-bond acceptors (Lipinski definition) is 8. The monoisotopic (exact) mass is 644 g/mol. The zero-order chi connectivity index (χ0) is 32.0. The second kappa shape index (κ2) is 10.6. The quantitative estimate of drug-likeness (QED) is 0.266. The first-order valence-electron chi connectivity index (χ1n) is 15.4. The molecule has 242 valence electrons. The summed E-state index contributed by atoms with van der Waals surface area (Å²) in [5.41, 5.74) is -3.57. The zero-order valence-electron chi connectivity index (χ0n) is 24.5. The molecule has 4 saturated heterocycles. The van der Waals surface area contributed by atoms with Gasteiger partial charge in [-0.15, -0.1) is 0 Å². The van der Waals surface area contributed by atoms with E-state index in [9.17, 15) is 13.9 Å². The predicted octanol–water partition coefficient (Wildman–Crippen LogP) is 5.74. The van der Waals surface area contributed by atoms with Crippen LogP contribution in [0.5, 0.6) is 11.8 Å². The molecular formula is C32H30F6N6O2. The van der Waals surface area contributed by atoms with E-state index in [0.717, 1.165) is 37.5 Å². The summed E-state index contributed by atoms with van der Waals surface area (Å²) in [6.45, 7) is 1.98. The molecule has 2 aromatic carbocycles. The van der Waals surface area contributed by atoms with Crippen molar-refractivity contribution in [2.75, 3.05) is 37.7 Å². The molecule has 0 saturated carbocycles. The Balaban J connectivity index is 1.33. The van der Waals surface area contributed by atoms with E-state index in [1.54, 1.807) is 0 Å². The number of phenols is 1. The molecule has 0 spiro atoms. The summed E-state index contributed by atoms with van der Waals surface area (Å²) in [7, 11) is 0. The number of nitrogens with one attached hydrogen (secondary N) is 1. The summed E-state index contributed by atoms with van der Waals surface area (Å²) in [6, 6.07) is 4.05. The minimum atomic E-state index is -5.07. The van der Waals surface area contributed by atoms with Gasteiger partial charge in [-0.3, -0.25) is 9.88 Å². The van der Waals surface area contributed by atoms with Gasteiger partial charge in [-0.25, -0.2) is 13.2 Å². The molecule has 2 N–H and O–H groups in total. The molecule has 14 heteroatoms. The van der Waals surface area contributed by atoms with Gasteiger partial charge in [0.15, 0.2) is 11.6 Å². The fraction of sp³-hybridized carbons (Fsp3) is 0.469. The third-order valence-electron chi connectivity index (χ3n) is 9.98. The number of pyridine rings is 1. The SMILES string of the molecule is Oc1cc(-c2ncc3c(N4CC5CCC(C4)N5)nc(OC[C@@]45CCCN4C[C@H](F)C5)nc3c2C(F)(F)F)c2c(F)c(F)ccc2c1. The first-order chi connectivity index (χ1) is 22.0. The number of benzene rings is 2. The van der Waals surface area contributed by atoms with E-state index >= 15 is 17.6 Å². The van der Waals surface area contributed by atoms with Crippen LogP contribution in [0.25, 0.3) is 32.9 Å². The molecule has 4 aromatic rings. The van der Waals surface area contributed by atoms with Crippen LogP contribution in [0.4, 0.5) is 32.2 Å². The number of fused-ring (bicyclic) bond motifs is 5. The Labute approximate surface area is 259 Å². The first-order valence-corrected chi connectivity index (χ1v) is 15.4. The number of rotatable bonds is 5. The molecule has 8 rings (SSSR count). The average Bonchev–Trinajstić information content (AvgIpc) is 3.66. The average molecular weight is 645 g/mol. The number of piperazine rings is 1. The number of ether oxygens (including phenoxy) is 1. The van der Waals surface area contributed by atoms with Crippen molar-refractivity contribution in [1.29, 1.82) is 0 Å². The van der Waals surface area contributed by atoms with Crippen LogP contribution in [0.2, 0.25) is 0 Å². The van der Waals surface area contributed by atoms with Crippen molar-refractivity contribution >= 4 is 27.5 Å². The number of halogens is 6. The topological polar surface area (TPSA) is 86.6 Å². The summed E-state index contributed by atoms with van der Waals surface area (Å²) in [4.78, 5) is 17.0. The molecule has 2 bridgehead atoms. The van der Waals surface area contributed by atoms with Gasteiger partial charge in [0.1, 0.15) is 29.9 Å². The van der Waals surface area contributed by atoms with Gasteiger partial charge in [0.25, 0.3) is 0 Å². The number of nitrogens with zero attached hydrogens (tertiary/aromatic N) is 5. The number of aromatic hydroxyl groups is 1. The molecule has 0 amide bonds. The minimum Gasteiger partial charge on any atom is -0.508 e. The van der Waals surface area contributed by atoms with Crippen LogP contribution in [0.1, 0.15) is 37.7 Å². The lowest BCUT2D eigenvalue weighted by Gasteiger charge is -2.35. The lowest BCUT2D eigenvalue weighted by atomic mass is 9.95. The lowest BCUT2D eigenvalue weighted by molar-refractivity contribution is -0.136. The summed E-state index contributed by atoms with van der Waals surface area (Å²) in [5, 5.41) is 13.5. The Bertz CT molecular complexity index is 1860. The molecular weight excluding hydrogens is 614 g/mol. The number of hydrogen-bond donors (Lipinski definition) is 2. The number of anilines is 1. The van der Waals surface area contributed by atoms with Crippen molar-refractivity contribution in [3.8, 4) is 23.0 Å². The summed E-state index contributed by atoms with van der Waals surface area (Å²) >= 11 is 0. The van der Waals surface area contributed by atoms with E-state index in [4.69, 9.17) is 4.74 Å². The summed E-state index contributed by atoms with van der Waals surface area (Å²) in [6.07, 6.45) is -1.27. The maximum atomic E-state index is 15.2.